The third-order valence-corrected chi connectivity index (χ3v) is 4.51. The van der Waals surface area contributed by atoms with Crippen molar-refractivity contribution in [2.75, 3.05) is 13.1 Å². The Morgan fingerprint density at radius 1 is 1.37 bits per heavy atom. The summed E-state index contributed by atoms with van der Waals surface area (Å²) in [4.78, 5) is 2.40. The van der Waals surface area contributed by atoms with E-state index in [-0.39, 0.29) is 17.4 Å². The molecule has 0 spiro atoms. The average molecular weight is 285 g/mol. The van der Waals surface area contributed by atoms with Gasteiger partial charge >= 0.3 is 0 Å². The van der Waals surface area contributed by atoms with E-state index < -0.39 is 0 Å². The number of hydrogen-bond acceptors (Lipinski definition) is 2. The molecule has 2 rings (SSSR count). The van der Waals surface area contributed by atoms with Gasteiger partial charge in [0.2, 0.25) is 0 Å². The van der Waals surface area contributed by atoms with Crippen LogP contribution in [0.2, 0.25) is 5.02 Å². The van der Waals surface area contributed by atoms with Crippen molar-refractivity contribution >= 4 is 11.6 Å². The van der Waals surface area contributed by atoms with Crippen molar-refractivity contribution in [1.29, 1.82) is 0 Å². The highest BCUT2D eigenvalue weighted by Crippen LogP contribution is 2.26. The van der Waals surface area contributed by atoms with Gasteiger partial charge in [0.25, 0.3) is 0 Å². The lowest BCUT2D eigenvalue weighted by atomic mass is 9.88. The summed E-state index contributed by atoms with van der Waals surface area (Å²) in [5.74, 6) is -0.225. The fourth-order valence-corrected chi connectivity index (χ4v) is 2.91. The van der Waals surface area contributed by atoms with Crippen molar-refractivity contribution < 1.29 is 4.39 Å². The molecule has 1 fully saturated rings. The lowest BCUT2D eigenvalue weighted by Crippen LogP contribution is -2.56. The first-order valence-corrected chi connectivity index (χ1v) is 7.23. The van der Waals surface area contributed by atoms with Gasteiger partial charge in [-0.1, -0.05) is 11.6 Å². The van der Waals surface area contributed by atoms with E-state index in [1.165, 1.54) is 18.9 Å². The molecule has 0 radical (unpaired) electrons. The maximum Gasteiger partial charge on any atom is 0.126 e. The van der Waals surface area contributed by atoms with Gasteiger partial charge < -0.3 is 5.73 Å². The first kappa shape index (κ1) is 14.8. The van der Waals surface area contributed by atoms with Crippen LogP contribution in [0.4, 0.5) is 4.39 Å². The largest absolute Gasteiger partial charge is 0.326 e. The summed E-state index contributed by atoms with van der Waals surface area (Å²) in [7, 11) is 0. The molecular weight excluding hydrogens is 263 g/mol. The summed E-state index contributed by atoms with van der Waals surface area (Å²) in [5.41, 5.74) is 6.82. The Hall–Kier alpha value is -0.640. The van der Waals surface area contributed by atoms with Gasteiger partial charge in [-0.3, -0.25) is 4.90 Å². The third kappa shape index (κ3) is 3.28. The van der Waals surface area contributed by atoms with E-state index in [9.17, 15) is 4.39 Å². The fraction of sp³-hybridized carbons (Fsp3) is 0.600. The lowest BCUT2D eigenvalue weighted by molar-refractivity contribution is 0.123. The number of likely N-dealkylation sites (tertiary alicyclic amines) is 1. The van der Waals surface area contributed by atoms with Gasteiger partial charge in [0.15, 0.2) is 0 Å². The molecule has 0 aromatic heterocycles. The highest BCUT2D eigenvalue weighted by molar-refractivity contribution is 6.30. The zero-order valence-electron chi connectivity index (χ0n) is 11.6. The van der Waals surface area contributed by atoms with E-state index in [4.69, 9.17) is 17.3 Å². The molecule has 106 valence electrons. The van der Waals surface area contributed by atoms with Crippen LogP contribution in [0.1, 0.15) is 32.3 Å². The van der Waals surface area contributed by atoms with E-state index in [0.717, 1.165) is 13.1 Å². The molecular formula is C15H22ClFN2. The minimum atomic E-state index is -0.225. The topological polar surface area (TPSA) is 29.3 Å². The first-order valence-electron chi connectivity index (χ1n) is 6.86. The molecule has 1 unspecified atom stereocenters. The summed E-state index contributed by atoms with van der Waals surface area (Å²) >= 11 is 5.92. The zero-order chi connectivity index (χ0) is 14.0. The Morgan fingerprint density at radius 2 is 2.00 bits per heavy atom. The van der Waals surface area contributed by atoms with Crippen LogP contribution in [0.3, 0.4) is 0 Å². The van der Waals surface area contributed by atoms with E-state index in [0.29, 0.717) is 17.0 Å². The quantitative estimate of drug-likeness (QED) is 0.920. The highest BCUT2D eigenvalue weighted by Gasteiger charge is 2.34. The molecule has 1 aliphatic heterocycles. The van der Waals surface area contributed by atoms with E-state index in [1.54, 1.807) is 12.1 Å². The summed E-state index contributed by atoms with van der Waals surface area (Å²) < 4.78 is 13.8. The Labute approximate surface area is 119 Å². The number of halogens is 2. The molecule has 0 saturated carbocycles. The number of nitrogens with two attached hydrogens (primary N) is 1. The number of benzene rings is 1. The Morgan fingerprint density at radius 3 is 2.63 bits per heavy atom. The van der Waals surface area contributed by atoms with Gasteiger partial charge in [0, 0.05) is 16.6 Å². The van der Waals surface area contributed by atoms with Crippen LogP contribution in [-0.4, -0.2) is 29.6 Å². The predicted molar refractivity (Wildman–Crippen MR) is 78.0 cm³/mol. The van der Waals surface area contributed by atoms with Crippen LogP contribution in [-0.2, 0) is 6.42 Å². The summed E-state index contributed by atoms with van der Waals surface area (Å²) in [6, 6.07) is 4.54. The molecule has 4 heteroatoms. The monoisotopic (exact) mass is 284 g/mol. The first-order chi connectivity index (χ1) is 8.91. The number of hydrogen-bond donors (Lipinski definition) is 1. The Kier molecular flexibility index (Phi) is 4.49. The molecule has 1 aromatic carbocycles. The van der Waals surface area contributed by atoms with E-state index in [2.05, 4.69) is 18.7 Å². The van der Waals surface area contributed by atoms with Crippen molar-refractivity contribution in [2.24, 2.45) is 5.73 Å². The normalized spacial score (nSPS) is 18.8. The number of nitrogens with zero attached hydrogens (tertiary/aromatic N) is 1. The van der Waals surface area contributed by atoms with Gasteiger partial charge in [0.05, 0.1) is 0 Å². The molecule has 2 N–H and O–H groups in total. The molecule has 1 saturated heterocycles. The minimum absolute atomic E-state index is 0.112. The zero-order valence-corrected chi connectivity index (χ0v) is 12.4. The van der Waals surface area contributed by atoms with Gasteiger partial charge in [-0.05, 0) is 70.0 Å². The van der Waals surface area contributed by atoms with Crippen LogP contribution in [0.15, 0.2) is 18.2 Å². The van der Waals surface area contributed by atoms with Crippen LogP contribution in [0.5, 0.6) is 0 Å². The standard InChI is InChI=1S/C15H22ClFN2/c1-15(2,19-7-3-4-8-19)14(18)10-11-9-12(16)5-6-13(11)17/h5-6,9,14H,3-4,7-8,10,18H2,1-2H3. The van der Waals surface area contributed by atoms with Crippen LogP contribution in [0, 0.1) is 5.82 Å². The smallest absolute Gasteiger partial charge is 0.126 e. The van der Waals surface area contributed by atoms with E-state index in [1.807, 2.05) is 0 Å². The maximum absolute atomic E-state index is 13.8. The van der Waals surface area contributed by atoms with Crippen molar-refractivity contribution in [3.05, 3.63) is 34.6 Å². The summed E-state index contributed by atoms with van der Waals surface area (Å²) in [5, 5.41) is 0.558. The van der Waals surface area contributed by atoms with Crippen molar-refractivity contribution in [2.45, 2.75) is 44.7 Å². The third-order valence-electron chi connectivity index (χ3n) is 4.28. The van der Waals surface area contributed by atoms with Crippen molar-refractivity contribution in [3.8, 4) is 0 Å². The maximum atomic E-state index is 13.8. The van der Waals surface area contributed by atoms with Crippen molar-refractivity contribution in [1.82, 2.24) is 4.90 Å². The second-order valence-electron chi connectivity index (χ2n) is 5.89. The van der Waals surface area contributed by atoms with Gasteiger partial charge in [-0.25, -0.2) is 4.39 Å². The molecule has 19 heavy (non-hydrogen) atoms. The van der Waals surface area contributed by atoms with E-state index >= 15 is 0 Å². The Balaban J connectivity index is 2.11. The fourth-order valence-electron chi connectivity index (χ4n) is 2.71. The molecule has 1 aliphatic rings. The Bertz CT molecular complexity index is 442. The van der Waals surface area contributed by atoms with Crippen LogP contribution in [0.25, 0.3) is 0 Å². The van der Waals surface area contributed by atoms with Gasteiger partial charge in [0.1, 0.15) is 5.82 Å². The number of rotatable bonds is 4. The molecule has 0 aliphatic carbocycles. The lowest BCUT2D eigenvalue weighted by Gasteiger charge is -2.40. The summed E-state index contributed by atoms with van der Waals surface area (Å²) in [6.07, 6.45) is 2.96. The highest BCUT2D eigenvalue weighted by atomic mass is 35.5. The van der Waals surface area contributed by atoms with Crippen LogP contribution >= 0.6 is 11.6 Å². The molecule has 1 atom stereocenters. The molecule has 0 bridgehead atoms. The molecule has 2 nitrogen and oxygen atoms in total. The second-order valence-corrected chi connectivity index (χ2v) is 6.33. The van der Waals surface area contributed by atoms with Gasteiger partial charge in [-0.2, -0.15) is 0 Å². The van der Waals surface area contributed by atoms with Gasteiger partial charge in [-0.15, -0.1) is 0 Å². The summed E-state index contributed by atoms with van der Waals surface area (Å²) in [6.45, 7) is 6.45. The minimum Gasteiger partial charge on any atom is -0.326 e. The van der Waals surface area contributed by atoms with Crippen LogP contribution < -0.4 is 5.73 Å². The molecule has 0 amide bonds. The molecule has 1 heterocycles. The average Bonchev–Trinajstić information content (AvgIpc) is 2.88. The van der Waals surface area contributed by atoms with Crippen molar-refractivity contribution in [3.63, 3.8) is 0 Å². The SMILES string of the molecule is CC(C)(C(N)Cc1cc(Cl)ccc1F)N1CCCC1. The second kappa shape index (κ2) is 5.78. The molecule has 1 aromatic rings. The predicted octanol–water partition coefficient (Wildman–Crippen LogP) is 3.22.